The van der Waals surface area contributed by atoms with Crippen LogP contribution in [0.3, 0.4) is 0 Å². The van der Waals surface area contributed by atoms with Gasteiger partial charge in [0.25, 0.3) is 0 Å². The van der Waals surface area contributed by atoms with Crippen molar-refractivity contribution in [3.8, 4) is 5.75 Å². The third kappa shape index (κ3) is 7.10. The van der Waals surface area contributed by atoms with Crippen LogP contribution < -0.4 is 9.64 Å². The molecule has 2 atom stereocenters. The van der Waals surface area contributed by atoms with Crippen molar-refractivity contribution in [1.82, 2.24) is 0 Å². The zero-order chi connectivity index (χ0) is 28.1. The summed E-state index contributed by atoms with van der Waals surface area (Å²) in [4.78, 5) is 2.33. The van der Waals surface area contributed by atoms with Gasteiger partial charge in [0.2, 0.25) is 0 Å². The number of likely N-dealkylation sites (N-methyl/N-ethyl adjacent to an activating group) is 1. The molecule has 0 saturated heterocycles. The summed E-state index contributed by atoms with van der Waals surface area (Å²) in [5, 5.41) is 12.3. The maximum Gasteiger partial charge on any atom is 0.179 e. The molecular weight excluding hydrogens is 496 g/mol. The second-order valence-electron chi connectivity index (χ2n) is 12.3. The molecule has 38 heavy (non-hydrogen) atoms. The molecule has 2 aromatic rings. The number of fused-ring (bicyclic) bond motifs is 1. The third-order valence-corrected chi connectivity index (χ3v) is 9.92. The fraction of sp³-hybridized carbons (Fsp3) is 0.613. The van der Waals surface area contributed by atoms with E-state index in [2.05, 4.69) is 35.0 Å². The Bertz CT molecular complexity index is 1150. The molecular formula is C31H49N2O4S+. The predicted octanol–water partition coefficient (Wildman–Crippen LogP) is 5.48. The number of benzene rings is 2. The Hall–Kier alpha value is -2.09. The number of rotatable bonds is 12. The number of anilines is 1. The first-order chi connectivity index (χ1) is 17.8. The smallest absolute Gasteiger partial charge is 0.179 e. The Morgan fingerprint density at radius 3 is 2.13 bits per heavy atom. The molecule has 2 aromatic carbocycles. The molecule has 0 unspecified atom stereocenters. The van der Waals surface area contributed by atoms with Crippen LogP contribution in [0.5, 0.6) is 5.75 Å². The number of hydrogen-bond acceptors (Lipinski definition) is 5. The summed E-state index contributed by atoms with van der Waals surface area (Å²) in [6.45, 7) is 5.74. The minimum Gasteiger partial charge on any atom is -0.488 e. The molecule has 0 aliphatic carbocycles. The fourth-order valence-electron chi connectivity index (χ4n) is 5.60. The van der Waals surface area contributed by atoms with Crippen molar-refractivity contribution >= 4 is 15.5 Å². The maximum atomic E-state index is 13.9. The largest absolute Gasteiger partial charge is 0.488 e. The summed E-state index contributed by atoms with van der Waals surface area (Å²) in [6, 6.07) is 13.5. The second kappa shape index (κ2) is 12.4. The number of quaternary nitrogens is 1. The average Bonchev–Trinajstić information content (AvgIpc) is 2.92. The molecule has 0 amide bonds. The molecule has 1 aliphatic heterocycles. The number of unbranched alkanes of at least 4 members (excludes halogenated alkanes) is 2. The summed E-state index contributed by atoms with van der Waals surface area (Å²) in [6.07, 6.45) is 4.27. The Morgan fingerprint density at radius 2 is 1.61 bits per heavy atom. The van der Waals surface area contributed by atoms with Gasteiger partial charge in [0.1, 0.15) is 18.9 Å². The molecule has 7 heteroatoms. The number of hydrogen-bond donors (Lipinski definition) is 1. The van der Waals surface area contributed by atoms with E-state index >= 15 is 0 Å². The van der Waals surface area contributed by atoms with Crippen molar-refractivity contribution in [2.45, 2.75) is 69.3 Å². The lowest BCUT2D eigenvalue weighted by atomic mass is 9.68. The van der Waals surface area contributed by atoms with Gasteiger partial charge in [-0.15, -0.1) is 0 Å². The van der Waals surface area contributed by atoms with E-state index in [0.29, 0.717) is 29.9 Å². The van der Waals surface area contributed by atoms with E-state index < -0.39 is 27.3 Å². The minimum atomic E-state index is -3.60. The van der Waals surface area contributed by atoms with Crippen molar-refractivity contribution in [2.75, 3.05) is 59.0 Å². The average molecular weight is 546 g/mol. The van der Waals surface area contributed by atoms with E-state index in [0.717, 1.165) is 53.7 Å². The molecule has 3 rings (SSSR count). The van der Waals surface area contributed by atoms with E-state index in [-0.39, 0.29) is 5.75 Å². The molecule has 1 aliphatic rings. The Kier molecular flexibility index (Phi) is 9.93. The second-order valence-corrected chi connectivity index (χ2v) is 14.3. The molecule has 0 aromatic heterocycles. The standard InChI is InChI=1S/C31H49N2O4S/c1-8-10-18-31(19-11-9-2)23-38(35,36)28-17-14-25(32(3)4)22-27(28)29(30(31)34)24-12-15-26(16-13-24)37-21-20-33(5,6)7/h12-17,22,29-30,34H,8-11,18-21,23H2,1-7H3/q+1/t29-,30-/m1/s1. The monoisotopic (exact) mass is 545 g/mol. The van der Waals surface area contributed by atoms with E-state index in [4.69, 9.17) is 4.74 Å². The van der Waals surface area contributed by atoms with Gasteiger partial charge < -0.3 is 19.2 Å². The number of nitrogens with zero attached hydrogens (tertiary/aromatic N) is 2. The van der Waals surface area contributed by atoms with Crippen LogP contribution in [0.2, 0.25) is 0 Å². The van der Waals surface area contributed by atoms with Gasteiger partial charge in [-0.2, -0.15) is 0 Å². The highest BCUT2D eigenvalue weighted by Crippen LogP contribution is 2.50. The summed E-state index contributed by atoms with van der Waals surface area (Å²) in [7, 11) is 6.71. The molecule has 212 valence electrons. The normalized spacial score (nSPS) is 20.4. The Labute approximate surface area is 231 Å². The summed E-state index contributed by atoms with van der Waals surface area (Å²) >= 11 is 0. The Balaban J connectivity index is 2.14. The number of aliphatic hydroxyl groups excluding tert-OH is 1. The maximum absolute atomic E-state index is 13.9. The van der Waals surface area contributed by atoms with Gasteiger partial charge in [0.15, 0.2) is 9.84 Å². The van der Waals surface area contributed by atoms with Gasteiger partial charge in [0.05, 0.1) is 37.9 Å². The molecule has 6 nitrogen and oxygen atoms in total. The van der Waals surface area contributed by atoms with Gasteiger partial charge in [-0.25, -0.2) is 8.42 Å². The highest BCUT2D eigenvalue weighted by atomic mass is 32.2. The lowest BCUT2D eigenvalue weighted by Gasteiger charge is -2.40. The van der Waals surface area contributed by atoms with Gasteiger partial charge in [-0.1, -0.05) is 51.7 Å². The summed E-state index contributed by atoms with van der Waals surface area (Å²) in [5.41, 5.74) is 1.83. The van der Waals surface area contributed by atoms with E-state index in [1.54, 1.807) is 6.07 Å². The van der Waals surface area contributed by atoms with Crippen molar-refractivity contribution < 1.29 is 22.7 Å². The zero-order valence-corrected chi connectivity index (χ0v) is 25.4. The van der Waals surface area contributed by atoms with E-state index in [9.17, 15) is 13.5 Å². The van der Waals surface area contributed by atoms with Crippen LogP contribution in [0.4, 0.5) is 5.69 Å². The van der Waals surface area contributed by atoms with Gasteiger partial charge >= 0.3 is 0 Å². The van der Waals surface area contributed by atoms with E-state index in [1.807, 2.05) is 55.4 Å². The molecule has 0 saturated carbocycles. The van der Waals surface area contributed by atoms with Crippen LogP contribution in [0.15, 0.2) is 47.4 Å². The highest BCUT2D eigenvalue weighted by Gasteiger charge is 2.49. The fourth-order valence-corrected chi connectivity index (χ4v) is 7.79. The van der Waals surface area contributed by atoms with Crippen molar-refractivity contribution in [3.05, 3.63) is 53.6 Å². The van der Waals surface area contributed by atoms with Crippen molar-refractivity contribution in [2.24, 2.45) is 5.41 Å². The first-order valence-electron chi connectivity index (χ1n) is 14.1. The van der Waals surface area contributed by atoms with E-state index in [1.165, 1.54) is 0 Å². The Morgan fingerprint density at radius 1 is 1.00 bits per heavy atom. The van der Waals surface area contributed by atoms with Crippen LogP contribution >= 0.6 is 0 Å². The molecule has 1 heterocycles. The third-order valence-electron chi connectivity index (χ3n) is 7.93. The molecule has 1 N–H and O–H groups in total. The summed E-state index contributed by atoms with van der Waals surface area (Å²) in [5.74, 6) is 0.317. The number of aliphatic hydroxyl groups is 1. The first-order valence-corrected chi connectivity index (χ1v) is 15.7. The molecule has 0 fully saturated rings. The first kappa shape index (κ1) is 30.5. The lowest BCUT2D eigenvalue weighted by Crippen LogP contribution is -2.43. The highest BCUT2D eigenvalue weighted by molar-refractivity contribution is 7.91. The predicted molar refractivity (Wildman–Crippen MR) is 157 cm³/mol. The molecule has 0 radical (unpaired) electrons. The number of ether oxygens (including phenoxy) is 1. The minimum absolute atomic E-state index is 0.0156. The lowest BCUT2D eigenvalue weighted by molar-refractivity contribution is -0.870. The van der Waals surface area contributed by atoms with Crippen LogP contribution in [0.1, 0.15) is 69.4 Å². The quantitative estimate of drug-likeness (QED) is 0.358. The van der Waals surface area contributed by atoms with Crippen LogP contribution in [-0.4, -0.2) is 78.3 Å². The molecule has 0 spiro atoms. The van der Waals surface area contributed by atoms with Crippen molar-refractivity contribution in [1.29, 1.82) is 0 Å². The van der Waals surface area contributed by atoms with Crippen LogP contribution in [0.25, 0.3) is 0 Å². The molecule has 0 bridgehead atoms. The van der Waals surface area contributed by atoms with Gasteiger partial charge in [-0.3, -0.25) is 0 Å². The summed E-state index contributed by atoms with van der Waals surface area (Å²) < 4.78 is 34.7. The van der Waals surface area contributed by atoms with Gasteiger partial charge in [0, 0.05) is 31.1 Å². The van der Waals surface area contributed by atoms with Crippen LogP contribution in [-0.2, 0) is 9.84 Å². The zero-order valence-electron chi connectivity index (χ0n) is 24.5. The SMILES string of the molecule is CCCCC1(CCCC)CS(=O)(=O)c2ccc(N(C)C)cc2[C@@H](c2ccc(OCC[N+](C)(C)C)cc2)[C@H]1O. The van der Waals surface area contributed by atoms with Gasteiger partial charge in [-0.05, 0) is 54.3 Å². The van der Waals surface area contributed by atoms with Crippen molar-refractivity contribution in [3.63, 3.8) is 0 Å². The topological polar surface area (TPSA) is 66.8 Å². The van der Waals surface area contributed by atoms with Crippen LogP contribution in [0, 0.1) is 5.41 Å². The number of sulfone groups is 1.